The van der Waals surface area contributed by atoms with Crippen LogP contribution in [0.25, 0.3) is 11.0 Å². The molecule has 1 N–H and O–H groups in total. The first-order chi connectivity index (χ1) is 13.6. The van der Waals surface area contributed by atoms with Gasteiger partial charge in [0, 0.05) is 41.0 Å². The van der Waals surface area contributed by atoms with Crippen LogP contribution in [0.2, 0.25) is 0 Å². The third kappa shape index (κ3) is 3.40. The monoisotopic (exact) mass is 394 g/mol. The molecule has 0 spiro atoms. The second-order valence-corrected chi connectivity index (χ2v) is 7.81. The number of anilines is 2. The van der Waals surface area contributed by atoms with Gasteiger partial charge in [0.15, 0.2) is 5.76 Å². The van der Waals surface area contributed by atoms with Crippen molar-refractivity contribution in [3.8, 4) is 0 Å². The summed E-state index contributed by atoms with van der Waals surface area (Å²) in [6, 6.07) is 13.3. The van der Waals surface area contributed by atoms with Gasteiger partial charge < -0.3 is 14.6 Å². The van der Waals surface area contributed by atoms with E-state index >= 15 is 0 Å². The molecule has 2 heterocycles. The van der Waals surface area contributed by atoms with E-state index in [0.717, 1.165) is 40.7 Å². The highest BCUT2D eigenvalue weighted by Crippen LogP contribution is 2.31. The van der Waals surface area contributed by atoms with Crippen LogP contribution in [0.15, 0.2) is 46.9 Å². The number of nitrogens with zero attached hydrogens (tertiary/aromatic N) is 1. The third-order valence-electron chi connectivity index (χ3n) is 5.01. The molecule has 2 amide bonds. The average Bonchev–Trinajstić information content (AvgIpc) is 3.26. The van der Waals surface area contributed by atoms with Crippen LogP contribution in [0.4, 0.5) is 11.4 Å². The van der Waals surface area contributed by atoms with E-state index in [1.807, 2.05) is 60.5 Å². The van der Waals surface area contributed by atoms with Crippen molar-refractivity contribution in [1.82, 2.24) is 0 Å². The van der Waals surface area contributed by atoms with Crippen molar-refractivity contribution in [3.05, 3.63) is 59.4 Å². The van der Waals surface area contributed by atoms with Gasteiger partial charge in [-0.2, -0.15) is 11.8 Å². The average molecular weight is 394 g/mol. The first-order valence-corrected chi connectivity index (χ1v) is 10.7. The van der Waals surface area contributed by atoms with Gasteiger partial charge in [0.1, 0.15) is 5.58 Å². The summed E-state index contributed by atoms with van der Waals surface area (Å²) < 4.78 is 5.86. The summed E-state index contributed by atoms with van der Waals surface area (Å²) in [6.07, 6.45) is 3.49. The fourth-order valence-electron chi connectivity index (χ4n) is 3.70. The zero-order chi connectivity index (χ0) is 19.7. The quantitative estimate of drug-likeness (QED) is 0.663. The number of benzene rings is 2. The molecule has 28 heavy (non-hydrogen) atoms. The molecule has 0 saturated carbocycles. The maximum atomic E-state index is 12.9. The largest absolute Gasteiger partial charge is 0.451 e. The molecule has 0 atom stereocenters. The van der Waals surface area contributed by atoms with Crippen LogP contribution in [-0.4, -0.2) is 24.6 Å². The van der Waals surface area contributed by atoms with Crippen molar-refractivity contribution in [2.24, 2.45) is 0 Å². The SMILES string of the molecule is CSCc1c(C(=O)Nc2ccc(N3CCCC3=O)c(C)c2)oc2ccccc12. The van der Waals surface area contributed by atoms with Gasteiger partial charge >= 0.3 is 0 Å². The zero-order valence-corrected chi connectivity index (χ0v) is 16.8. The normalized spacial score (nSPS) is 14.1. The van der Waals surface area contributed by atoms with Gasteiger partial charge in [-0.05, 0) is 49.4 Å². The highest BCUT2D eigenvalue weighted by Gasteiger charge is 2.24. The molecule has 144 valence electrons. The number of aryl methyl sites for hydroxylation is 1. The van der Waals surface area contributed by atoms with Crippen molar-refractivity contribution < 1.29 is 14.0 Å². The number of amides is 2. The summed E-state index contributed by atoms with van der Waals surface area (Å²) in [7, 11) is 0. The number of carbonyl (C=O) groups excluding carboxylic acids is 2. The van der Waals surface area contributed by atoms with E-state index in [2.05, 4.69) is 5.32 Å². The van der Waals surface area contributed by atoms with E-state index in [4.69, 9.17) is 4.42 Å². The lowest BCUT2D eigenvalue weighted by molar-refractivity contribution is -0.117. The molecule has 6 heteroatoms. The van der Waals surface area contributed by atoms with Crippen molar-refractivity contribution in [2.45, 2.75) is 25.5 Å². The predicted octanol–water partition coefficient (Wildman–Crippen LogP) is 4.98. The highest BCUT2D eigenvalue weighted by molar-refractivity contribution is 7.97. The van der Waals surface area contributed by atoms with Crippen LogP contribution >= 0.6 is 11.8 Å². The number of nitrogens with one attached hydrogen (secondary N) is 1. The summed E-state index contributed by atoms with van der Waals surface area (Å²) in [6.45, 7) is 2.71. The number of para-hydroxylation sites is 1. The molecule has 3 aromatic rings. The Bertz CT molecular complexity index is 1060. The van der Waals surface area contributed by atoms with Gasteiger partial charge in [-0.25, -0.2) is 0 Å². The molecule has 1 saturated heterocycles. The molecule has 0 bridgehead atoms. The van der Waals surface area contributed by atoms with E-state index in [1.54, 1.807) is 11.8 Å². The molecule has 5 nitrogen and oxygen atoms in total. The van der Waals surface area contributed by atoms with E-state index in [9.17, 15) is 9.59 Å². The number of fused-ring (bicyclic) bond motifs is 1. The Balaban J connectivity index is 1.60. The number of carbonyl (C=O) groups is 2. The minimum atomic E-state index is -0.260. The lowest BCUT2D eigenvalue weighted by atomic mass is 10.1. The van der Waals surface area contributed by atoms with Crippen molar-refractivity contribution in [1.29, 1.82) is 0 Å². The topological polar surface area (TPSA) is 62.6 Å². The maximum Gasteiger partial charge on any atom is 0.291 e. The van der Waals surface area contributed by atoms with Crippen LogP contribution < -0.4 is 10.2 Å². The van der Waals surface area contributed by atoms with Crippen molar-refractivity contribution in [3.63, 3.8) is 0 Å². The Morgan fingerprint density at radius 1 is 1.25 bits per heavy atom. The lowest BCUT2D eigenvalue weighted by Gasteiger charge is -2.19. The smallest absolute Gasteiger partial charge is 0.291 e. The third-order valence-corrected chi connectivity index (χ3v) is 5.59. The summed E-state index contributed by atoms with van der Waals surface area (Å²) >= 11 is 1.65. The Labute approximate surface area is 168 Å². The van der Waals surface area contributed by atoms with Crippen LogP contribution in [0.1, 0.15) is 34.5 Å². The number of furan rings is 1. The van der Waals surface area contributed by atoms with E-state index in [0.29, 0.717) is 23.6 Å². The van der Waals surface area contributed by atoms with Gasteiger partial charge in [0.2, 0.25) is 5.91 Å². The van der Waals surface area contributed by atoms with Crippen LogP contribution in [0.3, 0.4) is 0 Å². The Morgan fingerprint density at radius 2 is 2.07 bits per heavy atom. The molecule has 1 fully saturated rings. The number of thioether (sulfide) groups is 1. The van der Waals surface area contributed by atoms with Crippen LogP contribution in [0, 0.1) is 6.92 Å². The second kappa shape index (κ2) is 7.72. The van der Waals surface area contributed by atoms with Crippen LogP contribution in [-0.2, 0) is 10.5 Å². The Hall–Kier alpha value is -2.73. The molecule has 1 aliphatic heterocycles. The standard InChI is InChI=1S/C22H22N2O3S/c1-14-12-15(9-10-18(14)24-11-5-8-20(24)25)23-22(26)21-17(13-28-2)16-6-3-4-7-19(16)27-21/h3-4,6-7,9-10,12H,5,8,11,13H2,1-2H3,(H,23,26). The summed E-state index contributed by atoms with van der Waals surface area (Å²) in [4.78, 5) is 26.7. The molecule has 1 aromatic heterocycles. The van der Waals surface area contributed by atoms with Gasteiger partial charge in [-0.3, -0.25) is 9.59 Å². The number of hydrogen-bond acceptors (Lipinski definition) is 4. The molecular formula is C22H22N2O3S. The molecule has 4 rings (SSSR count). The summed E-state index contributed by atoms with van der Waals surface area (Å²) in [5.41, 5.74) is 4.19. The van der Waals surface area contributed by atoms with Gasteiger partial charge in [-0.1, -0.05) is 18.2 Å². The Kier molecular flexibility index (Phi) is 5.13. The van der Waals surface area contributed by atoms with Gasteiger partial charge in [0.25, 0.3) is 5.91 Å². The minimum Gasteiger partial charge on any atom is -0.451 e. The maximum absolute atomic E-state index is 12.9. The van der Waals surface area contributed by atoms with Crippen molar-refractivity contribution in [2.75, 3.05) is 23.0 Å². The van der Waals surface area contributed by atoms with Gasteiger partial charge in [0.05, 0.1) is 0 Å². The van der Waals surface area contributed by atoms with E-state index < -0.39 is 0 Å². The predicted molar refractivity (Wildman–Crippen MR) is 114 cm³/mol. The zero-order valence-electron chi connectivity index (χ0n) is 16.0. The molecule has 0 radical (unpaired) electrons. The fourth-order valence-corrected chi connectivity index (χ4v) is 4.27. The molecule has 2 aromatic carbocycles. The Morgan fingerprint density at radius 3 is 2.79 bits per heavy atom. The first-order valence-electron chi connectivity index (χ1n) is 9.30. The first kappa shape index (κ1) is 18.6. The second-order valence-electron chi connectivity index (χ2n) is 6.94. The van der Waals surface area contributed by atoms with Gasteiger partial charge in [-0.15, -0.1) is 0 Å². The summed E-state index contributed by atoms with van der Waals surface area (Å²) in [5, 5.41) is 3.92. The molecule has 0 aliphatic carbocycles. The molecule has 0 unspecified atom stereocenters. The lowest BCUT2D eigenvalue weighted by Crippen LogP contribution is -2.24. The van der Waals surface area contributed by atoms with Crippen molar-refractivity contribution >= 4 is 45.9 Å². The number of hydrogen-bond donors (Lipinski definition) is 1. The van der Waals surface area contributed by atoms with E-state index in [1.165, 1.54) is 0 Å². The van der Waals surface area contributed by atoms with Crippen LogP contribution in [0.5, 0.6) is 0 Å². The van der Waals surface area contributed by atoms with E-state index in [-0.39, 0.29) is 11.8 Å². The molecule has 1 aliphatic rings. The minimum absolute atomic E-state index is 0.156. The number of rotatable bonds is 5. The highest BCUT2D eigenvalue weighted by atomic mass is 32.2. The molecular weight excluding hydrogens is 372 g/mol. The fraction of sp³-hybridized carbons (Fsp3) is 0.273. The summed E-state index contributed by atoms with van der Waals surface area (Å²) in [5.74, 6) is 0.954.